The van der Waals surface area contributed by atoms with Crippen molar-refractivity contribution in [3.05, 3.63) is 0 Å². The van der Waals surface area contributed by atoms with Crippen LogP contribution in [0.25, 0.3) is 0 Å². The van der Waals surface area contributed by atoms with Crippen LogP contribution in [-0.4, -0.2) is 61.1 Å². The zero-order valence-electron chi connectivity index (χ0n) is 10.8. The number of unbranched alkanes of at least 4 members (excludes halogenated alkanes) is 3. The molecule has 6 nitrogen and oxygen atoms in total. The lowest BCUT2D eigenvalue weighted by Gasteiger charge is -2.15. The summed E-state index contributed by atoms with van der Waals surface area (Å²) < 4.78 is 0. The smallest absolute Gasteiger partial charge is 0.317 e. The van der Waals surface area contributed by atoms with Crippen molar-refractivity contribution in [3.8, 4) is 0 Å². The van der Waals surface area contributed by atoms with Crippen LogP contribution in [0.3, 0.4) is 0 Å². The molecular formula is C12H22N4O2. The van der Waals surface area contributed by atoms with Crippen molar-refractivity contribution in [2.24, 2.45) is 0 Å². The molecule has 6 heteroatoms. The Hall–Kier alpha value is -1.46. The Morgan fingerprint density at radius 3 is 1.56 bits per heavy atom. The number of nitrogens with one attached hydrogen (secondary N) is 2. The van der Waals surface area contributed by atoms with Crippen molar-refractivity contribution in [2.45, 2.75) is 25.7 Å². The molecule has 0 aromatic heterocycles. The predicted molar refractivity (Wildman–Crippen MR) is 68.4 cm³/mol. The highest BCUT2D eigenvalue weighted by Gasteiger charge is 2.19. The fourth-order valence-corrected chi connectivity index (χ4v) is 2.41. The number of amides is 4. The van der Waals surface area contributed by atoms with Gasteiger partial charge < -0.3 is 20.4 Å². The standard InChI is InChI=1S/C12H22N4O2/c17-11-13-5-9-15(11)7-3-1-2-4-8-16-10-6-14-12(16)18/h1-10H2,(H,13,17)(H,14,18). The van der Waals surface area contributed by atoms with E-state index in [0.29, 0.717) is 0 Å². The summed E-state index contributed by atoms with van der Waals surface area (Å²) in [6, 6.07) is 0.146. The van der Waals surface area contributed by atoms with E-state index in [1.807, 2.05) is 9.80 Å². The van der Waals surface area contributed by atoms with E-state index in [1.54, 1.807) is 0 Å². The van der Waals surface area contributed by atoms with Crippen molar-refractivity contribution in [2.75, 3.05) is 39.3 Å². The zero-order valence-corrected chi connectivity index (χ0v) is 10.8. The van der Waals surface area contributed by atoms with E-state index in [2.05, 4.69) is 10.6 Å². The maximum atomic E-state index is 11.3. The highest BCUT2D eigenvalue weighted by Crippen LogP contribution is 2.06. The fourth-order valence-electron chi connectivity index (χ4n) is 2.41. The Morgan fingerprint density at radius 2 is 1.22 bits per heavy atom. The molecule has 2 aliphatic heterocycles. The molecule has 0 spiro atoms. The summed E-state index contributed by atoms with van der Waals surface area (Å²) in [4.78, 5) is 26.3. The average molecular weight is 254 g/mol. The van der Waals surface area contributed by atoms with Crippen LogP contribution in [0.5, 0.6) is 0 Å². The molecule has 0 bridgehead atoms. The van der Waals surface area contributed by atoms with Gasteiger partial charge in [-0.3, -0.25) is 0 Å². The molecule has 2 heterocycles. The Kier molecular flexibility index (Phi) is 4.66. The van der Waals surface area contributed by atoms with Crippen LogP contribution in [0.15, 0.2) is 0 Å². The Labute approximate surface area is 108 Å². The Balaban J connectivity index is 1.46. The van der Waals surface area contributed by atoms with Crippen LogP contribution >= 0.6 is 0 Å². The summed E-state index contributed by atoms with van der Waals surface area (Å²) in [5.74, 6) is 0. The van der Waals surface area contributed by atoms with Crippen LogP contribution < -0.4 is 10.6 Å². The van der Waals surface area contributed by atoms with Gasteiger partial charge in [0.05, 0.1) is 0 Å². The molecule has 0 unspecified atom stereocenters. The molecule has 2 saturated heterocycles. The van der Waals surface area contributed by atoms with Crippen molar-refractivity contribution in [1.29, 1.82) is 0 Å². The van der Waals surface area contributed by atoms with Crippen LogP contribution in [0.4, 0.5) is 9.59 Å². The minimum absolute atomic E-state index is 0.0729. The molecule has 2 N–H and O–H groups in total. The summed E-state index contributed by atoms with van der Waals surface area (Å²) in [6.45, 7) is 4.96. The molecule has 2 aliphatic rings. The molecule has 0 aliphatic carbocycles. The molecule has 18 heavy (non-hydrogen) atoms. The largest absolute Gasteiger partial charge is 0.336 e. The molecule has 0 radical (unpaired) electrons. The molecule has 4 amide bonds. The number of carbonyl (C=O) groups excluding carboxylic acids is 2. The van der Waals surface area contributed by atoms with E-state index >= 15 is 0 Å². The number of carbonyl (C=O) groups is 2. The molecule has 2 fully saturated rings. The molecule has 0 aromatic rings. The van der Waals surface area contributed by atoms with Gasteiger partial charge in [-0.25, -0.2) is 9.59 Å². The van der Waals surface area contributed by atoms with Crippen molar-refractivity contribution < 1.29 is 9.59 Å². The summed E-state index contributed by atoms with van der Waals surface area (Å²) in [6.07, 6.45) is 4.36. The first-order valence-corrected chi connectivity index (χ1v) is 6.83. The second-order valence-electron chi connectivity index (χ2n) is 4.85. The van der Waals surface area contributed by atoms with Gasteiger partial charge in [-0.15, -0.1) is 0 Å². The average Bonchev–Trinajstić information content (AvgIpc) is 2.94. The quantitative estimate of drug-likeness (QED) is 0.653. The van der Waals surface area contributed by atoms with Crippen molar-refractivity contribution in [3.63, 3.8) is 0 Å². The summed E-state index contributed by atoms with van der Waals surface area (Å²) in [7, 11) is 0. The van der Waals surface area contributed by atoms with E-state index in [-0.39, 0.29) is 12.1 Å². The van der Waals surface area contributed by atoms with Gasteiger partial charge in [-0.2, -0.15) is 0 Å². The van der Waals surface area contributed by atoms with E-state index in [4.69, 9.17) is 0 Å². The van der Waals surface area contributed by atoms with Crippen molar-refractivity contribution in [1.82, 2.24) is 20.4 Å². The third kappa shape index (κ3) is 3.51. The maximum Gasteiger partial charge on any atom is 0.317 e. The molecule has 102 valence electrons. The predicted octanol–water partition coefficient (Wildman–Crippen LogP) is 0.597. The Morgan fingerprint density at radius 1 is 0.778 bits per heavy atom. The van der Waals surface area contributed by atoms with E-state index in [9.17, 15) is 9.59 Å². The fraction of sp³-hybridized carbons (Fsp3) is 0.833. The normalized spacial score (nSPS) is 19.3. The van der Waals surface area contributed by atoms with Crippen molar-refractivity contribution >= 4 is 12.1 Å². The summed E-state index contributed by atoms with van der Waals surface area (Å²) in [5.41, 5.74) is 0. The second kappa shape index (κ2) is 6.47. The first-order chi connectivity index (χ1) is 8.77. The third-order valence-corrected chi connectivity index (χ3v) is 3.50. The molecule has 0 aromatic carbocycles. The minimum atomic E-state index is 0.0729. The Bertz CT molecular complexity index is 278. The molecule has 0 atom stereocenters. The summed E-state index contributed by atoms with van der Waals surface area (Å²) >= 11 is 0. The van der Waals surface area contributed by atoms with E-state index in [1.165, 1.54) is 0 Å². The van der Waals surface area contributed by atoms with Gasteiger partial charge in [0.25, 0.3) is 0 Å². The minimum Gasteiger partial charge on any atom is -0.336 e. The lowest BCUT2D eigenvalue weighted by molar-refractivity contribution is 0.213. The van der Waals surface area contributed by atoms with Crippen LogP contribution in [-0.2, 0) is 0 Å². The summed E-state index contributed by atoms with van der Waals surface area (Å²) in [5, 5.41) is 5.60. The number of urea groups is 2. The number of nitrogens with zero attached hydrogens (tertiary/aromatic N) is 2. The molecule has 0 saturated carbocycles. The third-order valence-electron chi connectivity index (χ3n) is 3.50. The topological polar surface area (TPSA) is 64.7 Å². The lowest BCUT2D eigenvalue weighted by Crippen LogP contribution is -2.29. The van der Waals surface area contributed by atoms with E-state index < -0.39 is 0 Å². The zero-order chi connectivity index (χ0) is 12.8. The first kappa shape index (κ1) is 13.0. The van der Waals surface area contributed by atoms with Gasteiger partial charge in [0.15, 0.2) is 0 Å². The van der Waals surface area contributed by atoms with E-state index in [0.717, 1.165) is 65.0 Å². The second-order valence-corrected chi connectivity index (χ2v) is 4.85. The van der Waals surface area contributed by atoms with Crippen LogP contribution in [0.1, 0.15) is 25.7 Å². The van der Waals surface area contributed by atoms with Gasteiger partial charge in [-0.1, -0.05) is 12.8 Å². The van der Waals surface area contributed by atoms with Gasteiger partial charge >= 0.3 is 12.1 Å². The monoisotopic (exact) mass is 254 g/mol. The maximum absolute atomic E-state index is 11.3. The van der Waals surface area contributed by atoms with Gasteiger partial charge in [0.2, 0.25) is 0 Å². The molecular weight excluding hydrogens is 232 g/mol. The van der Waals surface area contributed by atoms with Crippen LogP contribution in [0.2, 0.25) is 0 Å². The highest BCUT2D eigenvalue weighted by atomic mass is 16.2. The number of hydrogen-bond donors (Lipinski definition) is 2. The van der Waals surface area contributed by atoms with Gasteiger partial charge in [-0.05, 0) is 12.8 Å². The molecule has 2 rings (SSSR count). The van der Waals surface area contributed by atoms with Crippen LogP contribution in [0, 0.1) is 0 Å². The number of rotatable bonds is 7. The first-order valence-electron chi connectivity index (χ1n) is 6.83. The highest BCUT2D eigenvalue weighted by molar-refractivity contribution is 5.76. The number of hydrogen-bond acceptors (Lipinski definition) is 2. The van der Waals surface area contributed by atoms with Gasteiger partial charge in [0.1, 0.15) is 0 Å². The SMILES string of the molecule is O=C1NCCN1CCCCCCN1CCNC1=O. The lowest BCUT2D eigenvalue weighted by atomic mass is 10.2. The van der Waals surface area contributed by atoms with Gasteiger partial charge in [0, 0.05) is 39.3 Å².